The minimum atomic E-state index is 0. The summed E-state index contributed by atoms with van der Waals surface area (Å²) in [5.74, 6) is 0. The number of nitrogens with zero attached hydrogens (tertiary/aromatic N) is 1. The van der Waals surface area contributed by atoms with E-state index in [2.05, 4.69) is 12.6 Å². The normalized spacial score (nSPS) is 1.60. The molecule has 0 amide bonds. The maximum absolute atomic E-state index is 7.18. The van der Waals surface area contributed by atoms with Gasteiger partial charge in [0.25, 0.3) is 0 Å². The molecule has 1 nitrogen and oxygen atoms in total. The molecular formula is CH3Li2NS. The molecule has 0 aliphatic rings. The predicted molar refractivity (Wildman–Crippen MR) is 28.9 cm³/mol. The van der Waals surface area contributed by atoms with Gasteiger partial charge in [0.05, 0.1) is 0 Å². The summed E-state index contributed by atoms with van der Waals surface area (Å²) in [5, 5.41) is 8.63. The van der Waals surface area contributed by atoms with Gasteiger partial charge in [-0.25, -0.2) is 0 Å². The maximum atomic E-state index is 7.18. The van der Waals surface area contributed by atoms with Gasteiger partial charge in [0.1, 0.15) is 5.40 Å². The van der Waals surface area contributed by atoms with Gasteiger partial charge < -0.3 is 0 Å². The van der Waals surface area contributed by atoms with Gasteiger partial charge in [-0.1, -0.05) is 12.6 Å². The summed E-state index contributed by atoms with van der Waals surface area (Å²) in [5.41, 5.74) is 0. The number of thiol groups is 1. The molecule has 0 saturated heterocycles. The van der Waals surface area contributed by atoms with Crippen molar-refractivity contribution in [3.63, 3.8) is 0 Å². The summed E-state index contributed by atoms with van der Waals surface area (Å²) in [4.78, 5) is 0. The molecule has 0 aliphatic heterocycles. The first kappa shape index (κ1) is 16.6. The van der Waals surface area contributed by atoms with Gasteiger partial charge >= 0.3 is 37.7 Å². The Labute approximate surface area is 60.9 Å². The first-order valence-electron chi connectivity index (χ1n) is 0.447. The fraction of sp³-hybridized carbons (Fsp3) is 0. The van der Waals surface area contributed by atoms with Crippen molar-refractivity contribution in [1.82, 2.24) is 0 Å². The van der Waals surface area contributed by atoms with Crippen LogP contribution in [0.3, 0.4) is 0 Å². The van der Waals surface area contributed by atoms with E-state index in [9.17, 15) is 0 Å². The minimum absolute atomic E-state index is 0. The molecule has 0 aromatic heterocycles. The summed E-state index contributed by atoms with van der Waals surface area (Å²) in [6.07, 6.45) is 0. The molecule has 0 saturated carbocycles. The summed E-state index contributed by atoms with van der Waals surface area (Å²) in [6.45, 7) is 0. The predicted octanol–water partition coefficient (Wildman–Crippen LogP) is -0.900. The molecule has 0 N–H and O–H groups in total. The van der Waals surface area contributed by atoms with Gasteiger partial charge in [-0.15, -0.1) is 0 Å². The third-order valence-corrected chi connectivity index (χ3v) is 0. The molecule has 0 atom stereocenters. The van der Waals surface area contributed by atoms with Crippen LogP contribution >= 0.6 is 12.6 Å². The zero-order chi connectivity index (χ0) is 2.71. The Hall–Kier alpha value is 1.03. The Balaban J connectivity index is -0.0000000200. The molecule has 0 unspecified atom stereocenters. The third-order valence-electron chi connectivity index (χ3n) is 0. The summed E-state index contributed by atoms with van der Waals surface area (Å²) in [7, 11) is 0. The van der Waals surface area contributed by atoms with E-state index in [1.165, 1.54) is 5.40 Å². The van der Waals surface area contributed by atoms with Gasteiger partial charge in [0.15, 0.2) is 0 Å². The van der Waals surface area contributed by atoms with Crippen LogP contribution in [0, 0.1) is 10.7 Å². The van der Waals surface area contributed by atoms with E-state index in [1.54, 1.807) is 0 Å². The molecule has 0 bridgehead atoms. The monoisotopic (exact) mass is 75.0 g/mol. The standard InChI is InChI=1S/CHNS.2Li.2H/c2-1-3;;;;/h3H;;;;. The van der Waals surface area contributed by atoms with Crippen molar-refractivity contribution < 1.29 is 0 Å². The topological polar surface area (TPSA) is 23.8 Å². The first-order chi connectivity index (χ1) is 1.41. The van der Waals surface area contributed by atoms with Crippen LogP contribution in [0.2, 0.25) is 0 Å². The van der Waals surface area contributed by atoms with E-state index < -0.39 is 0 Å². The Morgan fingerprint density at radius 1 is 1.40 bits per heavy atom. The van der Waals surface area contributed by atoms with Gasteiger partial charge in [-0.05, 0) is 0 Å². The average Bonchev–Trinajstić information content (AvgIpc) is 0.918. The molecule has 0 aromatic carbocycles. The SMILES string of the molecule is N#CS.[LiH].[LiH]. The van der Waals surface area contributed by atoms with Crippen LogP contribution in [-0.2, 0) is 0 Å². The molecule has 0 heterocycles. The number of thiocyanates is 1. The summed E-state index contributed by atoms with van der Waals surface area (Å²) >= 11 is 3.09. The molecule has 5 heavy (non-hydrogen) atoms. The summed E-state index contributed by atoms with van der Waals surface area (Å²) < 4.78 is 0. The van der Waals surface area contributed by atoms with E-state index in [0.29, 0.717) is 0 Å². The molecule has 0 aromatic rings. The van der Waals surface area contributed by atoms with E-state index in [4.69, 9.17) is 5.26 Å². The Bertz CT molecular complexity index is 31.1. The first-order valence-corrected chi connectivity index (χ1v) is 0.894. The fourth-order valence-corrected chi connectivity index (χ4v) is 0. The van der Waals surface area contributed by atoms with Crippen LogP contribution in [0.25, 0.3) is 0 Å². The van der Waals surface area contributed by atoms with Crippen molar-refractivity contribution in [2.24, 2.45) is 0 Å². The van der Waals surface area contributed by atoms with Crippen LogP contribution in [0.15, 0.2) is 0 Å². The molecule has 20 valence electrons. The van der Waals surface area contributed by atoms with Crippen molar-refractivity contribution in [3.8, 4) is 5.40 Å². The van der Waals surface area contributed by atoms with Crippen molar-refractivity contribution in [3.05, 3.63) is 0 Å². The second-order valence-corrected chi connectivity index (χ2v) is 0.300. The van der Waals surface area contributed by atoms with Gasteiger partial charge in [0.2, 0.25) is 0 Å². The van der Waals surface area contributed by atoms with Crippen molar-refractivity contribution >= 4 is 50.3 Å². The van der Waals surface area contributed by atoms with Crippen LogP contribution in [0.4, 0.5) is 0 Å². The number of hydrogen-bond donors (Lipinski definition) is 1. The average molecular weight is 75.0 g/mol. The molecule has 0 fully saturated rings. The van der Waals surface area contributed by atoms with Crippen molar-refractivity contribution in [2.75, 3.05) is 0 Å². The third kappa shape index (κ3) is 43.3. The quantitative estimate of drug-likeness (QED) is 0.225. The molecular weight excluding hydrogens is 72.0 g/mol. The number of nitriles is 1. The van der Waals surface area contributed by atoms with Crippen LogP contribution in [0.1, 0.15) is 0 Å². The van der Waals surface area contributed by atoms with Crippen molar-refractivity contribution in [1.29, 1.82) is 5.26 Å². The second-order valence-electron chi connectivity index (χ2n) is 0.100. The van der Waals surface area contributed by atoms with E-state index in [0.717, 1.165) is 0 Å². The molecule has 0 spiro atoms. The van der Waals surface area contributed by atoms with Gasteiger partial charge in [-0.3, -0.25) is 0 Å². The molecule has 0 aliphatic carbocycles. The zero-order valence-corrected chi connectivity index (χ0v) is 2.29. The molecule has 0 radical (unpaired) electrons. The van der Waals surface area contributed by atoms with E-state index in [1.807, 2.05) is 0 Å². The van der Waals surface area contributed by atoms with E-state index in [-0.39, 0.29) is 37.7 Å². The van der Waals surface area contributed by atoms with Gasteiger partial charge in [-0.2, -0.15) is 5.26 Å². The van der Waals surface area contributed by atoms with Crippen molar-refractivity contribution in [2.45, 2.75) is 0 Å². The Morgan fingerprint density at radius 3 is 1.40 bits per heavy atom. The van der Waals surface area contributed by atoms with Crippen LogP contribution in [-0.4, -0.2) is 37.7 Å². The second kappa shape index (κ2) is 19.8. The number of rotatable bonds is 0. The fourth-order valence-electron chi connectivity index (χ4n) is 0. The zero-order valence-electron chi connectivity index (χ0n) is 1.39. The Kier molecular flexibility index (Phi) is 65.8. The summed E-state index contributed by atoms with van der Waals surface area (Å²) in [6, 6.07) is 0. The molecule has 4 heteroatoms. The van der Waals surface area contributed by atoms with Gasteiger partial charge in [0, 0.05) is 0 Å². The van der Waals surface area contributed by atoms with Crippen LogP contribution in [0.5, 0.6) is 0 Å². The molecule has 0 rings (SSSR count). The Morgan fingerprint density at radius 2 is 1.40 bits per heavy atom. The van der Waals surface area contributed by atoms with Crippen LogP contribution < -0.4 is 0 Å². The van der Waals surface area contributed by atoms with E-state index >= 15 is 0 Å². The number of hydrogen-bond acceptors (Lipinski definition) is 2.